The van der Waals surface area contributed by atoms with Gasteiger partial charge in [-0.05, 0) is 46.8 Å². The number of thiophene rings is 1. The Kier molecular flexibility index (Phi) is 6.88. The van der Waals surface area contributed by atoms with Crippen LogP contribution in [0.25, 0.3) is 10.4 Å². The third-order valence-electron chi connectivity index (χ3n) is 4.62. The predicted molar refractivity (Wildman–Crippen MR) is 121 cm³/mol. The van der Waals surface area contributed by atoms with Crippen LogP contribution in [0.4, 0.5) is 16.2 Å². The fourth-order valence-corrected chi connectivity index (χ4v) is 3.74. The van der Waals surface area contributed by atoms with Crippen molar-refractivity contribution in [2.45, 2.75) is 12.5 Å². The van der Waals surface area contributed by atoms with Crippen molar-refractivity contribution in [2.24, 2.45) is 0 Å². The van der Waals surface area contributed by atoms with E-state index in [0.29, 0.717) is 22.5 Å². The van der Waals surface area contributed by atoms with Crippen LogP contribution in [0, 0.1) is 0 Å². The fourth-order valence-electron chi connectivity index (χ4n) is 3.02. The van der Waals surface area contributed by atoms with E-state index in [1.54, 1.807) is 41.7 Å². The second-order valence-corrected chi connectivity index (χ2v) is 7.70. The Morgan fingerprint density at radius 3 is 2.45 bits per heavy atom. The molecule has 0 bridgehead atoms. The van der Waals surface area contributed by atoms with Crippen molar-refractivity contribution in [1.29, 1.82) is 0 Å². The van der Waals surface area contributed by atoms with Crippen LogP contribution in [0.3, 0.4) is 0 Å². The Balaban J connectivity index is 1.71. The summed E-state index contributed by atoms with van der Waals surface area (Å²) in [5, 5.41) is 18.3. The average Bonchev–Trinajstić information content (AvgIpc) is 3.29. The molecule has 160 valence electrons. The first kappa shape index (κ1) is 21.8. The molecule has 3 amide bonds. The predicted octanol–water partition coefficient (Wildman–Crippen LogP) is 3.17. The lowest BCUT2D eigenvalue weighted by Crippen LogP contribution is -2.46. The average molecular weight is 439 g/mol. The Bertz CT molecular complexity index is 1080. The summed E-state index contributed by atoms with van der Waals surface area (Å²) in [6.45, 7) is 0. The third-order valence-corrected chi connectivity index (χ3v) is 5.54. The number of rotatable bonds is 7. The van der Waals surface area contributed by atoms with Gasteiger partial charge >= 0.3 is 6.09 Å². The molecule has 0 radical (unpaired) electrons. The van der Waals surface area contributed by atoms with Crippen LogP contribution in [0.1, 0.15) is 15.9 Å². The van der Waals surface area contributed by atoms with Gasteiger partial charge in [0.05, 0.1) is 11.4 Å². The highest BCUT2D eigenvalue weighted by Gasteiger charge is 2.20. The van der Waals surface area contributed by atoms with E-state index in [0.717, 1.165) is 10.4 Å². The zero-order chi connectivity index (χ0) is 22.4. The summed E-state index contributed by atoms with van der Waals surface area (Å²) in [4.78, 5) is 36.5. The maximum absolute atomic E-state index is 12.7. The third kappa shape index (κ3) is 5.61. The highest BCUT2D eigenvalue weighted by Crippen LogP contribution is 2.30. The highest BCUT2D eigenvalue weighted by molar-refractivity contribution is 7.13. The number of nitrogens with one attached hydrogen (secondary N) is 3. The number of amides is 3. The molecule has 0 spiro atoms. The molecule has 1 heterocycles. The SMILES string of the molecule is CNC(=O)C(Cc1ccc(C(=O)Nc2cc(-c3cccs3)ccc2N)cc1)NC(=O)O. The van der Waals surface area contributed by atoms with Crippen LogP contribution in [0.2, 0.25) is 0 Å². The van der Waals surface area contributed by atoms with E-state index in [1.807, 2.05) is 29.6 Å². The van der Waals surface area contributed by atoms with E-state index in [-0.39, 0.29) is 12.3 Å². The molecule has 0 aliphatic carbocycles. The maximum atomic E-state index is 12.7. The number of likely N-dealkylation sites (N-methyl/N-ethyl adjacent to an activating group) is 1. The monoisotopic (exact) mass is 438 g/mol. The van der Waals surface area contributed by atoms with E-state index in [9.17, 15) is 14.4 Å². The van der Waals surface area contributed by atoms with Gasteiger partial charge in [-0.25, -0.2) is 4.79 Å². The molecule has 2 aromatic carbocycles. The lowest BCUT2D eigenvalue weighted by Gasteiger charge is -2.15. The van der Waals surface area contributed by atoms with Gasteiger partial charge in [0, 0.05) is 23.9 Å². The quantitative estimate of drug-likeness (QED) is 0.361. The minimum atomic E-state index is -1.29. The molecular formula is C22H22N4O4S. The van der Waals surface area contributed by atoms with Crippen LogP contribution in [0.15, 0.2) is 60.0 Å². The smallest absolute Gasteiger partial charge is 0.405 e. The van der Waals surface area contributed by atoms with Gasteiger partial charge in [-0.2, -0.15) is 0 Å². The number of hydrogen-bond acceptors (Lipinski definition) is 5. The van der Waals surface area contributed by atoms with Gasteiger partial charge in [-0.15, -0.1) is 11.3 Å². The molecular weight excluding hydrogens is 416 g/mol. The number of hydrogen-bond donors (Lipinski definition) is 5. The minimum absolute atomic E-state index is 0.156. The molecule has 0 aliphatic rings. The van der Waals surface area contributed by atoms with E-state index in [1.165, 1.54) is 7.05 Å². The number of nitrogen functional groups attached to an aromatic ring is 1. The summed E-state index contributed by atoms with van der Waals surface area (Å²) < 4.78 is 0. The first-order valence-electron chi connectivity index (χ1n) is 9.42. The van der Waals surface area contributed by atoms with Crippen LogP contribution >= 0.6 is 11.3 Å². The van der Waals surface area contributed by atoms with Gasteiger partial charge < -0.3 is 26.8 Å². The first-order chi connectivity index (χ1) is 14.9. The summed E-state index contributed by atoms with van der Waals surface area (Å²) in [6, 6.07) is 15.1. The van der Waals surface area contributed by atoms with Gasteiger partial charge in [0.25, 0.3) is 5.91 Å². The normalized spacial score (nSPS) is 11.4. The van der Waals surface area contributed by atoms with Crippen LogP contribution in [-0.2, 0) is 11.2 Å². The molecule has 0 saturated heterocycles. The number of carboxylic acid groups (broad SMARTS) is 1. The highest BCUT2D eigenvalue weighted by atomic mass is 32.1. The van der Waals surface area contributed by atoms with Crippen LogP contribution in [0.5, 0.6) is 0 Å². The summed E-state index contributed by atoms with van der Waals surface area (Å²) in [7, 11) is 1.44. The maximum Gasteiger partial charge on any atom is 0.405 e. The molecule has 1 unspecified atom stereocenters. The molecule has 3 aromatic rings. The Morgan fingerprint density at radius 2 is 1.84 bits per heavy atom. The first-order valence-corrected chi connectivity index (χ1v) is 10.3. The van der Waals surface area contributed by atoms with Crippen molar-refractivity contribution < 1.29 is 19.5 Å². The number of anilines is 2. The minimum Gasteiger partial charge on any atom is -0.465 e. The Morgan fingerprint density at radius 1 is 1.10 bits per heavy atom. The standard InChI is InChI=1S/C22H22N4O4S/c1-24-21(28)18(26-22(29)30)11-13-4-6-14(7-5-13)20(27)25-17-12-15(8-9-16(17)23)19-3-2-10-31-19/h2-10,12,18,26H,11,23H2,1H3,(H,24,28)(H,25,27)(H,29,30). The Hall–Kier alpha value is -3.85. The van der Waals surface area contributed by atoms with E-state index >= 15 is 0 Å². The molecule has 0 aliphatic heterocycles. The Labute approximate surface area is 183 Å². The molecule has 8 nitrogen and oxygen atoms in total. The number of carbonyl (C=O) groups is 3. The van der Waals surface area contributed by atoms with Crippen molar-refractivity contribution in [3.8, 4) is 10.4 Å². The number of nitrogens with two attached hydrogens (primary N) is 1. The second kappa shape index (κ2) is 9.77. The van der Waals surface area contributed by atoms with Crippen molar-refractivity contribution in [3.63, 3.8) is 0 Å². The molecule has 1 atom stereocenters. The lowest BCUT2D eigenvalue weighted by molar-refractivity contribution is -0.122. The number of carbonyl (C=O) groups excluding carboxylic acids is 2. The molecule has 9 heteroatoms. The van der Waals surface area contributed by atoms with Gasteiger partial charge in [-0.1, -0.05) is 24.3 Å². The number of benzene rings is 2. The van der Waals surface area contributed by atoms with Crippen molar-refractivity contribution >= 4 is 40.6 Å². The molecule has 1 aromatic heterocycles. The molecule has 0 fully saturated rings. The van der Waals surface area contributed by atoms with Crippen LogP contribution in [-0.4, -0.2) is 36.1 Å². The zero-order valence-electron chi connectivity index (χ0n) is 16.7. The second-order valence-electron chi connectivity index (χ2n) is 6.75. The summed E-state index contributed by atoms with van der Waals surface area (Å²) in [5.74, 6) is -0.765. The van der Waals surface area contributed by atoms with Gasteiger partial charge in [0.15, 0.2) is 0 Å². The van der Waals surface area contributed by atoms with E-state index in [4.69, 9.17) is 10.8 Å². The largest absolute Gasteiger partial charge is 0.465 e. The molecule has 31 heavy (non-hydrogen) atoms. The fraction of sp³-hybridized carbons (Fsp3) is 0.136. The van der Waals surface area contributed by atoms with E-state index in [2.05, 4.69) is 16.0 Å². The topological polar surface area (TPSA) is 134 Å². The lowest BCUT2D eigenvalue weighted by atomic mass is 10.0. The van der Waals surface area contributed by atoms with Gasteiger partial charge in [0.1, 0.15) is 6.04 Å². The summed E-state index contributed by atoms with van der Waals surface area (Å²) in [5.41, 5.74) is 9.08. The van der Waals surface area contributed by atoms with Gasteiger partial charge in [0.2, 0.25) is 5.91 Å². The van der Waals surface area contributed by atoms with Gasteiger partial charge in [-0.3, -0.25) is 9.59 Å². The van der Waals surface area contributed by atoms with Crippen molar-refractivity contribution in [1.82, 2.24) is 10.6 Å². The molecule has 6 N–H and O–H groups in total. The molecule has 0 saturated carbocycles. The summed E-state index contributed by atoms with van der Waals surface area (Å²) in [6.07, 6.45) is -1.13. The van der Waals surface area contributed by atoms with Crippen molar-refractivity contribution in [2.75, 3.05) is 18.1 Å². The molecule has 3 rings (SSSR count). The van der Waals surface area contributed by atoms with Crippen molar-refractivity contribution in [3.05, 3.63) is 71.1 Å². The zero-order valence-corrected chi connectivity index (χ0v) is 17.5. The summed E-state index contributed by atoms with van der Waals surface area (Å²) >= 11 is 1.60. The van der Waals surface area contributed by atoms with E-state index < -0.39 is 18.0 Å². The van der Waals surface area contributed by atoms with Crippen LogP contribution < -0.4 is 21.7 Å².